The first-order chi connectivity index (χ1) is 10.5. The molecule has 2 aromatic rings. The van der Waals surface area contributed by atoms with Crippen LogP contribution in [0.25, 0.3) is 0 Å². The van der Waals surface area contributed by atoms with E-state index >= 15 is 0 Å². The molecular weight excluding hydrogens is 376 g/mol. The predicted octanol–water partition coefficient (Wildman–Crippen LogP) is 3.49. The van der Waals surface area contributed by atoms with Crippen molar-refractivity contribution < 1.29 is 4.79 Å². The Kier molecular flexibility index (Phi) is 8.31. The average molecular weight is 398 g/mol. The monoisotopic (exact) mass is 396 g/mol. The molecule has 3 N–H and O–H groups in total. The number of carbonyl (C=O) groups is 1. The van der Waals surface area contributed by atoms with E-state index in [1.54, 1.807) is 0 Å². The predicted molar refractivity (Wildman–Crippen MR) is 101 cm³/mol. The largest absolute Gasteiger partial charge is 0.352 e. The molecule has 0 fully saturated rings. The lowest BCUT2D eigenvalue weighted by Crippen LogP contribution is -2.46. The van der Waals surface area contributed by atoms with Crippen LogP contribution >= 0.6 is 28.3 Å². The molecule has 0 aromatic heterocycles. The second-order valence-electron chi connectivity index (χ2n) is 5.54. The van der Waals surface area contributed by atoms with Crippen molar-refractivity contribution in [2.75, 3.05) is 0 Å². The minimum atomic E-state index is -0.519. The van der Waals surface area contributed by atoms with Crippen molar-refractivity contribution in [3.63, 3.8) is 0 Å². The van der Waals surface area contributed by atoms with E-state index in [0.29, 0.717) is 6.42 Å². The number of hydrogen-bond donors (Lipinski definition) is 2. The van der Waals surface area contributed by atoms with Gasteiger partial charge in [0, 0.05) is 10.5 Å². The van der Waals surface area contributed by atoms with Crippen LogP contribution < -0.4 is 11.1 Å². The Balaban J connectivity index is 0.00000264. The molecule has 1 unspecified atom stereocenters. The van der Waals surface area contributed by atoms with Crippen LogP contribution in [0.3, 0.4) is 0 Å². The molecule has 0 bridgehead atoms. The maximum atomic E-state index is 12.2. The van der Waals surface area contributed by atoms with Gasteiger partial charge in [-0.2, -0.15) is 0 Å². The zero-order chi connectivity index (χ0) is 15.9. The van der Waals surface area contributed by atoms with E-state index in [-0.39, 0.29) is 24.4 Å². The number of hydrogen-bond acceptors (Lipinski definition) is 2. The molecule has 2 rings (SSSR count). The minimum Gasteiger partial charge on any atom is -0.352 e. The van der Waals surface area contributed by atoms with E-state index in [9.17, 15) is 4.79 Å². The van der Waals surface area contributed by atoms with Crippen LogP contribution in [0.1, 0.15) is 18.1 Å². The van der Waals surface area contributed by atoms with Gasteiger partial charge in [0.25, 0.3) is 0 Å². The highest BCUT2D eigenvalue weighted by molar-refractivity contribution is 9.10. The van der Waals surface area contributed by atoms with Crippen LogP contribution in [-0.4, -0.2) is 18.0 Å². The number of benzene rings is 2. The van der Waals surface area contributed by atoms with Gasteiger partial charge in [0.15, 0.2) is 0 Å². The van der Waals surface area contributed by atoms with Crippen molar-refractivity contribution in [2.45, 2.75) is 31.8 Å². The number of nitrogens with one attached hydrogen (secondary N) is 1. The molecule has 3 nitrogen and oxygen atoms in total. The summed E-state index contributed by atoms with van der Waals surface area (Å²) >= 11 is 3.42. The van der Waals surface area contributed by atoms with Crippen molar-refractivity contribution >= 4 is 34.2 Å². The highest BCUT2D eigenvalue weighted by Crippen LogP contribution is 2.12. The number of rotatable bonds is 6. The van der Waals surface area contributed by atoms with Crippen molar-refractivity contribution in [3.05, 3.63) is 70.2 Å². The highest BCUT2D eigenvalue weighted by atomic mass is 79.9. The molecule has 0 spiro atoms. The molecular formula is C18H22BrClN2O. The molecule has 2 atom stereocenters. The first kappa shape index (κ1) is 19.7. The number of amides is 1. The van der Waals surface area contributed by atoms with Crippen molar-refractivity contribution in [3.8, 4) is 0 Å². The summed E-state index contributed by atoms with van der Waals surface area (Å²) < 4.78 is 1.05. The summed E-state index contributed by atoms with van der Waals surface area (Å²) in [6.45, 7) is 2.00. The van der Waals surface area contributed by atoms with Crippen LogP contribution in [-0.2, 0) is 17.6 Å². The standard InChI is InChI=1S/C18H21BrN2O.ClH/c1-13(11-15-7-9-16(19)10-8-15)21-18(22)17(20)12-14-5-3-2-4-6-14;/h2-10,13,17H,11-12,20H2,1H3,(H,21,22);1H/t13?,17-;/m0./s1. The molecule has 1 amide bonds. The third-order valence-electron chi connectivity index (χ3n) is 3.48. The molecule has 0 radical (unpaired) electrons. The number of halogens is 2. The van der Waals surface area contributed by atoms with Crippen molar-refractivity contribution in [1.82, 2.24) is 5.32 Å². The maximum absolute atomic E-state index is 12.2. The van der Waals surface area contributed by atoms with E-state index in [1.807, 2.05) is 49.4 Å². The highest BCUT2D eigenvalue weighted by Gasteiger charge is 2.16. The SMILES string of the molecule is CC(Cc1ccc(Br)cc1)NC(=O)[C@@H](N)Cc1ccccc1.Cl. The average Bonchev–Trinajstić information content (AvgIpc) is 2.50. The van der Waals surface area contributed by atoms with E-state index in [2.05, 4.69) is 33.4 Å². The van der Waals surface area contributed by atoms with Crippen molar-refractivity contribution in [1.29, 1.82) is 0 Å². The molecule has 124 valence electrons. The van der Waals surface area contributed by atoms with Crippen LogP contribution in [0.5, 0.6) is 0 Å². The Morgan fingerprint density at radius 3 is 2.22 bits per heavy atom. The summed E-state index contributed by atoms with van der Waals surface area (Å²) in [5.74, 6) is -0.103. The fraction of sp³-hybridized carbons (Fsp3) is 0.278. The van der Waals surface area contributed by atoms with Crippen LogP contribution in [0.15, 0.2) is 59.1 Å². The van der Waals surface area contributed by atoms with Gasteiger partial charge >= 0.3 is 0 Å². The molecule has 23 heavy (non-hydrogen) atoms. The van der Waals surface area contributed by atoms with Gasteiger partial charge in [-0.05, 0) is 43.0 Å². The number of carbonyl (C=O) groups excluding carboxylic acids is 1. The Morgan fingerprint density at radius 1 is 1.04 bits per heavy atom. The summed E-state index contributed by atoms with van der Waals surface area (Å²) in [5.41, 5.74) is 8.25. The zero-order valence-corrected chi connectivity index (χ0v) is 15.4. The molecule has 0 aliphatic rings. The second kappa shape index (κ2) is 9.71. The third kappa shape index (κ3) is 6.73. The normalized spacial score (nSPS) is 12.8. The summed E-state index contributed by atoms with van der Waals surface area (Å²) in [6.07, 6.45) is 1.34. The lowest BCUT2D eigenvalue weighted by molar-refractivity contribution is -0.122. The fourth-order valence-corrected chi connectivity index (χ4v) is 2.60. The quantitative estimate of drug-likeness (QED) is 0.784. The van der Waals surface area contributed by atoms with E-state index in [1.165, 1.54) is 5.56 Å². The molecule has 5 heteroatoms. The number of nitrogens with two attached hydrogens (primary N) is 1. The molecule has 0 aliphatic carbocycles. The summed E-state index contributed by atoms with van der Waals surface area (Å²) in [5, 5.41) is 2.99. The van der Waals surface area contributed by atoms with Gasteiger partial charge in [-0.25, -0.2) is 0 Å². The van der Waals surface area contributed by atoms with Gasteiger partial charge < -0.3 is 11.1 Å². The van der Waals surface area contributed by atoms with Gasteiger partial charge in [-0.1, -0.05) is 58.4 Å². The van der Waals surface area contributed by atoms with Gasteiger partial charge in [0.2, 0.25) is 5.91 Å². The Bertz CT molecular complexity index is 604. The lowest BCUT2D eigenvalue weighted by atomic mass is 10.0. The van der Waals surface area contributed by atoms with E-state index < -0.39 is 6.04 Å². The van der Waals surface area contributed by atoms with Gasteiger partial charge in [0.05, 0.1) is 6.04 Å². The first-order valence-electron chi connectivity index (χ1n) is 7.39. The third-order valence-corrected chi connectivity index (χ3v) is 4.01. The fourth-order valence-electron chi connectivity index (χ4n) is 2.34. The minimum absolute atomic E-state index is 0. The van der Waals surface area contributed by atoms with Gasteiger partial charge in [-0.3, -0.25) is 4.79 Å². The summed E-state index contributed by atoms with van der Waals surface area (Å²) in [7, 11) is 0. The van der Waals surface area contributed by atoms with Crippen molar-refractivity contribution in [2.24, 2.45) is 5.73 Å². The van der Waals surface area contributed by atoms with Gasteiger partial charge in [0.1, 0.15) is 0 Å². The van der Waals surface area contributed by atoms with Gasteiger partial charge in [-0.15, -0.1) is 12.4 Å². The molecule has 0 saturated heterocycles. The summed E-state index contributed by atoms with van der Waals surface area (Å²) in [4.78, 5) is 12.2. The lowest BCUT2D eigenvalue weighted by Gasteiger charge is -2.18. The smallest absolute Gasteiger partial charge is 0.237 e. The van der Waals surface area contributed by atoms with E-state index in [4.69, 9.17) is 5.73 Å². The van der Waals surface area contributed by atoms with E-state index in [0.717, 1.165) is 16.5 Å². The topological polar surface area (TPSA) is 55.1 Å². The summed E-state index contributed by atoms with van der Waals surface area (Å²) in [6, 6.07) is 17.5. The maximum Gasteiger partial charge on any atom is 0.237 e. The van der Waals surface area contributed by atoms with Crippen LogP contribution in [0.4, 0.5) is 0 Å². The Hall–Kier alpha value is -1.36. The molecule has 0 heterocycles. The zero-order valence-electron chi connectivity index (χ0n) is 13.0. The molecule has 2 aromatic carbocycles. The molecule has 0 aliphatic heterocycles. The molecule has 0 saturated carbocycles. The Labute approximate surface area is 152 Å². The Morgan fingerprint density at radius 2 is 1.61 bits per heavy atom. The van der Waals surface area contributed by atoms with Crippen LogP contribution in [0.2, 0.25) is 0 Å². The second-order valence-corrected chi connectivity index (χ2v) is 6.45. The van der Waals surface area contributed by atoms with Crippen LogP contribution in [0, 0.1) is 0 Å². The first-order valence-corrected chi connectivity index (χ1v) is 8.18.